The minimum Gasteiger partial charge on any atom is -0.326 e. The van der Waals surface area contributed by atoms with Crippen molar-refractivity contribution in [3.8, 4) is 11.1 Å². The molecule has 1 aromatic heterocycles. The van der Waals surface area contributed by atoms with Crippen molar-refractivity contribution < 1.29 is 0 Å². The molecule has 0 aliphatic carbocycles. The van der Waals surface area contributed by atoms with E-state index >= 15 is 0 Å². The number of hydrogen-bond donors (Lipinski definition) is 0. The molecule has 0 bridgehead atoms. The zero-order valence-electron chi connectivity index (χ0n) is 8.59. The van der Waals surface area contributed by atoms with Gasteiger partial charge in [-0.2, -0.15) is 4.98 Å². The zero-order chi connectivity index (χ0) is 11.0. The summed E-state index contributed by atoms with van der Waals surface area (Å²) < 4.78 is 2.05. The van der Waals surface area contributed by atoms with Crippen LogP contribution in [0, 0.1) is 0 Å². The van der Waals surface area contributed by atoms with Crippen LogP contribution in [-0.4, -0.2) is 15.3 Å². The highest BCUT2D eigenvalue weighted by Gasteiger charge is 2.14. The molecule has 2 aromatic rings. The minimum atomic E-state index is -0.133. The summed E-state index contributed by atoms with van der Waals surface area (Å²) in [7, 11) is 0. The number of nitrogens with zero attached hydrogens (tertiary/aromatic N) is 2. The van der Waals surface area contributed by atoms with Crippen molar-refractivity contribution in [2.75, 3.05) is 5.75 Å². The van der Waals surface area contributed by atoms with Crippen molar-refractivity contribution >= 4 is 11.8 Å². The molecule has 0 atom stereocenters. The maximum atomic E-state index is 11.8. The first-order valence-electron chi connectivity index (χ1n) is 5.14. The molecule has 80 valence electrons. The van der Waals surface area contributed by atoms with Crippen LogP contribution in [0.4, 0.5) is 0 Å². The summed E-state index contributed by atoms with van der Waals surface area (Å²) in [5, 5.41) is 0.838. The van der Waals surface area contributed by atoms with Gasteiger partial charge in [-0.1, -0.05) is 42.1 Å². The summed E-state index contributed by atoms with van der Waals surface area (Å²) >= 11 is 1.64. The van der Waals surface area contributed by atoms with Gasteiger partial charge in [0.1, 0.15) is 0 Å². The molecule has 3 rings (SSSR count). The average Bonchev–Trinajstić information content (AvgIpc) is 2.76. The molecule has 16 heavy (non-hydrogen) atoms. The first-order valence-corrected chi connectivity index (χ1v) is 6.13. The molecule has 0 N–H and O–H groups in total. The molecule has 0 spiro atoms. The predicted molar refractivity (Wildman–Crippen MR) is 64.7 cm³/mol. The average molecular weight is 230 g/mol. The molecule has 0 unspecified atom stereocenters. The third-order valence-electron chi connectivity index (χ3n) is 2.61. The lowest BCUT2D eigenvalue weighted by molar-refractivity contribution is 0.677. The van der Waals surface area contributed by atoms with Gasteiger partial charge in [0.25, 0.3) is 5.56 Å². The van der Waals surface area contributed by atoms with Crippen LogP contribution in [0.15, 0.2) is 46.5 Å². The van der Waals surface area contributed by atoms with Crippen LogP contribution in [-0.2, 0) is 6.54 Å². The summed E-state index contributed by atoms with van der Waals surface area (Å²) in [4.78, 5) is 15.9. The first kappa shape index (κ1) is 9.66. The van der Waals surface area contributed by atoms with Crippen LogP contribution in [0.25, 0.3) is 11.1 Å². The van der Waals surface area contributed by atoms with Crippen molar-refractivity contribution in [2.24, 2.45) is 0 Å². The van der Waals surface area contributed by atoms with Crippen LogP contribution < -0.4 is 5.56 Å². The van der Waals surface area contributed by atoms with Crippen molar-refractivity contribution in [2.45, 2.75) is 11.7 Å². The first-order chi connectivity index (χ1) is 7.84. The van der Waals surface area contributed by atoms with Gasteiger partial charge < -0.3 is 4.57 Å². The van der Waals surface area contributed by atoms with Crippen molar-refractivity contribution in [1.82, 2.24) is 9.55 Å². The van der Waals surface area contributed by atoms with E-state index in [1.54, 1.807) is 11.8 Å². The molecule has 4 heteroatoms. The summed E-state index contributed by atoms with van der Waals surface area (Å²) in [5.74, 6) is 1.00. The Morgan fingerprint density at radius 3 is 2.88 bits per heavy atom. The zero-order valence-corrected chi connectivity index (χ0v) is 9.41. The standard InChI is InChI=1S/C12H10N2OS/c15-11-10(9-4-2-1-3-5-9)8-14-6-7-16-12(14)13-11/h1-5,8H,6-7H2. The molecular weight excluding hydrogens is 220 g/mol. The van der Waals surface area contributed by atoms with Gasteiger partial charge in [0.2, 0.25) is 0 Å². The summed E-state index contributed by atoms with van der Waals surface area (Å²) in [6.45, 7) is 0.938. The molecule has 0 saturated carbocycles. The van der Waals surface area contributed by atoms with E-state index < -0.39 is 0 Å². The second-order valence-electron chi connectivity index (χ2n) is 3.65. The van der Waals surface area contributed by atoms with E-state index in [0.29, 0.717) is 5.56 Å². The van der Waals surface area contributed by atoms with E-state index in [4.69, 9.17) is 0 Å². The monoisotopic (exact) mass is 230 g/mol. The summed E-state index contributed by atoms with van der Waals surface area (Å²) in [5.41, 5.74) is 1.49. The lowest BCUT2D eigenvalue weighted by Crippen LogP contribution is -2.14. The van der Waals surface area contributed by atoms with Gasteiger partial charge in [-0.25, -0.2) is 0 Å². The Labute approximate surface area is 97.1 Å². The fourth-order valence-electron chi connectivity index (χ4n) is 1.80. The molecule has 0 amide bonds. The molecular formula is C12H10N2OS. The SMILES string of the molecule is O=c1nc2n(cc1-c1ccccc1)CCS2. The van der Waals surface area contributed by atoms with Crippen LogP contribution in [0.2, 0.25) is 0 Å². The lowest BCUT2D eigenvalue weighted by atomic mass is 10.1. The molecule has 0 radical (unpaired) electrons. The Morgan fingerprint density at radius 1 is 1.25 bits per heavy atom. The molecule has 1 aliphatic rings. The molecule has 1 aliphatic heterocycles. The normalized spacial score (nSPS) is 13.8. The smallest absolute Gasteiger partial charge is 0.281 e. The van der Waals surface area contributed by atoms with Crippen molar-refractivity contribution in [3.63, 3.8) is 0 Å². The maximum absolute atomic E-state index is 11.8. The Bertz CT molecular complexity index is 577. The summed E-state index contributed by atoms with van der Waals surface area (Å²) in [6, 6.07) is 9.68. The highest BCUT2D eigenvalue weighted by atomic mass is 32.2. The van der Waals surface area contributed by atoms with Crippen LogP contribution in [0.5, 0.6) is 0 Å². The maximum Gasteiger partial charge on any atom is 0.281 e. The fraction of sp³-hybridized carbons (Fsp3) is 0.167. The van der Waals surface area contributed by atoms with Crippen LogP contribution >= 0.6 is 11.8 Å². The van der Waals surface area contributed by atoms with Crippen molar-refractivity contribution in [3.05, 3.63) is 46.9 Å². The van der Waals surface area contributed by atoms with Crippen LogP contribution in [0.3, 0.4) is 0 Å². The van der Waals surface area contributed by atoms with Gasteiger partial charge in [0.05, 0.1) is 5.56 Å². The summed E-state index contributed by atoms with van der Waals surface area (Å²) in [6.07, 6.45) is 1.92. The van der Waals surface area contributed by atoms with E-state index in [0.717, 1.165) is 23.0 Å². The van der Waals surface area contributed by atoms with Crippen LogP contribution in [0.1, 0.15) is 0 Å². The minimum absolute atomic E-state index is 0.133. The topological polar surface area (TPSA) is 34.9 Å². The van der Waals surface area contributed by atoms with Gasteiger partial charge in [0.15, 0.2) is 5.16 Å². The Balaban J connectivity index is 2.19. The lowest BCUT2D eigenvalue weighted by Gasteiger charge is -2.04. The van der Waals surface area contributed by atoms with E-state index in [-0.39, 0.29) is 5.56 Å². The number of fused-ring (bicyclic) bond motifs is 1. The number of thioether (sulfide) groups is 1. The quantitative estimate of drug-likeness (QED) is 0.703. The molecule has 0 fully saturated rings. The van der Waals surface area contributed by atoms with Gasteiger partial charge in [-0.15, -0.1) is 0 Å². The Hall–Kier alpha value is -1.55. The van der Waals surface area contributed by atoms with E-state index in [1.165, 1.54) is 0 Å². The molecule has 3 nitrogen and oxygen atoms in total. The molecule has 1 aromatic carbocycles. The van der Waals surface area contributed by atoms with Gasteiger partial charge in [-0.05, 0) is 5.56 Å². The molecule has 2 heterocycles. The molecule has 0 saturated heterocycles. The van der Waals surface area contributed by atoms with Crippen molar-refractivity contribution in [1.29, 1.82) is 0 Å². The number of hydrogen-bond acceptors (Lipinski definition) is 3. The van der Waals surface area contributed by atoms with Gasteiger partial charge >= 0.3 is 0 Å². The van der Waals surface area contributed by atoms with Gasteiger partial charge in [0, 0.05) is 18.5 Å². The second kappa shape index (κ2) is 3.79. The largest absolute Gasteiger partial charge is 0.326 e. The van der Waals surface area contributed by atoms with E-state index in [2.05, 4.69) is 9.55 Å². The number of aryl methyl sites for hydroxylation is 1. The predicted octanol–water partition coefficient (Wildman–Crippen LogP) is 2.02. The number of rotatable bonds is 1. The highest BCUT2D eigenvalue weighted by molar-refractivity contribution is 7.99. The van der Waals surface area contributed by atoms with E-state index in [1.807, 2.05) is 36.5 Å². The fourth-order valence-corrected chi connectivity index (χ4v) is 2.73. The Kier molecular flexibility index (Phi) is 2.29. The Morgan fingerprint density at radius 2 is 2.06 bits per heavy atom. The third kappa shape index (κ3) is 1.55. The third-order valence-corrected chi connectivity index (χ3v) is 3.58. The number of aromatic nitrogens is 2. The van der Waals surface area contributed by atoms with Gasteiger partial charge in [-0.3, -0.25) is 4.79 Å². The van der Waals surface area contributed by atoms with E-state index in [9.17, 15) is 4.79 Å². The number of benzene rings is 1. The highest BCUT2D eigenvalue weighted by Crippen LogP contribution is 2.24. The second-order valence-corrected chi connectivity index (χ2v) is 4.71.